The number of hydrogen-bond donors (Lipinski definition) is 2. The maximum atomic E-state index is 11.1. The van der Waals surface area contributed by atoms with E-state index in [0.29, 0.717) is 18.5 Å². The van der Waals surface area contributed by atoms with Crippen molar-refractivity contribution in [3.05, 3.63) is 0 Å². The van der Waals surface area contributed by atoms with Gasteiger partial charge < -0.3 is 5.32 Å². The first-order valence-electron chi connectivity index (χ1n) is 6.24. The third-order valence-corrected chi connectivity index (χ3v) is 4.66. The van der Waals surface area contributed by atoms with Gasteiger partial charge in [-0.05, 0) is 31.2 Å². The molecule has 2 N–H and O–H groups in total. The van der Waals surface area contributed by atoms with E-state index in [4.69, 9.17) is 0 Å². The number of hydrogen-bond acceptors (Lipinski definition) is 3. The molecule has 16 heavy (non-hydrogen) atoms. The molecule has 2 rings (SSSR count). The maximum Gasteiger partial charge on any atom is 0.208 e. The van der Waals surface area contributed by atoms with Gasteiger partial charge in [0.25, 0.3) is 0 Å². The second-order valence-electron chi connectivity index (χ2n) is 5.18. The summed E-state index contributed by atoms with van der Waals surface area (Å²) in [6.45, 7) is 1.59. The summed E-state index contributed by atoms with van der Waals surface area (Å²) in [7, 11) is -3.05. The summed E-state index contributed by atoms with van der Waals surface area (Å²) in [5, 5.41) is 3.46. The Morgan fingerprint density at radius 1 is 1.25 bits per heavy atom. The lowest BCUT2D eigenvalue weighted by molar-refractivity contribution is 0.135. The molecule has 2 aliphatic rings. The van der Waals surface area contributed by atoms with Crippen LogP contribution >= 0.6 is 0 Å². The first-order chi connectivity index (χ1) is 7.56. The van der Waals surface area contributed by atoms with Gasteiger partial charge in [-0.15, -0.1) is 0 Å². The van der Waals surface area contributed by atoms with Crippen LogP contribution in [0, 0.1) is 11.8 Å². The van der Waals surface area contributed by atoms with E-state index in [1.54, 1.807) is 0 Å². The molecular formula is C11H22N2O2S. The average Bonchev–Trinajstić information content (AvgIpc) is 2.25. The number of piperidine rings is 1. The van der Waals surface area contributed by atoms with Gasteiger partial charge in [0, 0.05) is 12.6 Å². The monoisotopic (exact) mass is 246 g/mol. The molecule has 94 valence electrons. The van der Waals surface area contributed by atoms with Gasteiger partial charge in [0.2, 0.25) is 10.0 Å². The molecule has 3 unspecified atom stereocenters. The van der Waals surface area contributed by atoms with E-state index in [1.165, 1.54) is 38.4 Å². The minimum absolute atomic E-state index is 0.341. The highest BCUT2D eigenvalue weighted by Gasteiger charge is 2.34. The molecule has 4 nitrogen and oxygen atoms in total. The SMILES string of the molecule is CS(=O)(=O)NCC1NCCC2CCCCC21. The van der Waals surface area contributed by atoms with Crippen molar-refractivity contribution in [2.24, 2.45) is 11.8 Å². The van der Waals surface area contributed by atoms with Crippen molar-refractivity contribution in [2.75, 3.05) is 19.3 Å². The first-order valence-corrected chi connectivity index (χ1v) is 8.13. The van der Waals surface area contributed by atoms with Gasteiger partial charge in [-0.25, -0.2) is 13.1 Å². The highest BCUT2D eigenvalue weighted by Crippen LogP contribution is 2.36. The summed E-state index contributed by atoms with van der Waals surface area (Å²) in [5.41, 5.74) is 0. The summed E-state index contributed by atoms with van der Waals surface area (Å²) in [6.07, 6.45) is 7.75. The quantitative estimate of drug-likeness (QED) is 0.771. The second kappa shape index (κ2) is 5.02. The Kier molecular flexibility index (Phi) is 3.87. The van der Waals surface area contributed by atoms with Crippen molar-refractivity contribution in [1.29, 1.82) is 0 Å². The van der Waals surface area contributed by atoms with Crippen LogP contribution in [0.5, 0.6) is 0 Å². The van der Waals surface area contributed by atoms with Gasteiger partial charge in [-0.1, -0.05) is 19.3 Å². The molecule has 0 bridgehead atoms. The molecule has 0 spiro atoms. The molecule has 0 amide bonds. The van der Waals surface area contributed by atoms with Crippen LogP contribution in [0.3, 0.4) is 0 Å². The highest BCUT2D eigenvalue weighted by atomic mass is 32.2. The standard InChI is InChI=1S/C11H22N2O2S/c1-16(14,15)13-8-11-10-5-3-2-4-9(10)6-7-12-11/h9-13H,2-8H2,1H3. The number of rotatable bonds is 3. The zero-order chi connectivity index (χ0) is 11.6. The number of sulfonamides is 1. The van der Waals surface area contributed by atoms with Crippen LogP contribution in [0.2, 0.25) is 0 Å². The highest BCUT2D eigenvalue weighted by molar-refractivity contribution is 7.88. The van der Waals surface area contributed by atoms with Gasteiger partial charge in [0.05, 0.1) is 6.26 Å². The fraction of sp³-hybridized carbons (Fsp3) is 1.00. The molecular weight excluding hydrogens is 224 g/mol. The molecule has 2 fully saturated rings. The fourth-order valence-electron chi connectivity index (χ4n) is 3.19. The molecule has 0 aromatic heterocycles. The fourth-order valence-corrected chi connectivity index (χ4v) is 3.68. The summed E-state index contributed by atoms with van der Waals surface area (Å²) in [5.74, 6) is 1.50. The van der Waals surface area contributed by atoms with E-state index in [0.717, 1.165) is 12.5 Å². The molecule has 5 heteroatoms. The Labute approximate surface area is 98.2 Å². The van der Waals surface area contributed by atoms with Crippen molar-refractivity contribution in [2.45, 2.75) is 38.1 Å². The largest absolute Gasteiger partial charge is 0.312 e. The summed E-state index contributed by atoms with van der Waals surface area (Å²) >= 11 is 0. The zero-order valence-electron chi connectivity index (χ0n) is 9.91. The molecule has 1 saturated carbocycles. The predicted octanol–water partition coefficient (Wildman–Crippen LogP) is 0.704. The van der Waals surface area contributed by atoms with Gasteiger partial charge in [0.15, 0.2) is 0 Å². The minimum Gasteiger partial charge on any atom is -0.312 e. The number of nitrogens with one attached hydrogen (secondary N) is 2. The molecule has 0 aromatic rings. The maximum absolute atomic E-state index is 11.1. The van der Waals surface area contributed by atoms with Crippen LogP contribution in [-0.2, 0) is 10.0 Å². The van der Waals surface area contributed by atoms with E-state index >= 15 is 0 Å². The topological polar surface area (TPSA) is 58.2 Å². The molecule has 1 heterocycles. The summed E-state index contributed by atoms with van der Waals surface area (Å²) in [6, 6.07) is 0.341. The van der Waals surface area contributed by atoms with Crippen molar-refractivity contribution in [1.82, 2.24) is 10.0 Å². The van der Waals surface area contributed by atoms with Crippen molar-refractivity contribution >= 4 is 10.0 Å². The first kappa shape index (κ1) is 12.3. The van der Waals surface area contributed by atoms with Crippen LogP contribution < -0.4 is 10.0 Å². The molecule has 3 atom stereocenters. The summed E-state index contributed by atoms with van der Waals surface area (Å²) < 4.78 is 24.8. The lowest BCUT2D eigenvalue weighted by Gasteiger charge is -2.42. The van der Waals surface area contributed by atoms with Crippen LogP contribution in [0.15, 0.2) is 0 Å². The van der Waals surface area contributed by atoms with Crippen molar-refractivity contribution in [3.63, 3.8) is 0 Å². The van der Waals surface area contributed by atoms with Gasteiger partial charge >= 0.3 is 0 Å². The zero-order valence-corrected chi connectivity index (χ0v) is 10.7. The normalized spacial score (nSPS) is 35.7. The Morgan fingerprint density at radius 3 is 2.75 bits per heavy atom. The molecule has 1 aliphatic carbocycles. The lowest BCUT2D eigenvalue weighted by atomic mass is 9.72. The molecule has 0 radical (unpaired) electrons. The van der Waals surface area contributed by atoms with Gasteiger partial charge in [-0.3, -0.25) is 0 Å². The van der Waals surface area contributed by atoms with Gasteiger partial charge in [-0.2, -0.15) is 0 Å². The third kappa shape index (κ3) is 3.18. The van der Waals surface area contributed by atoms with E-state index < -0.39 is 10.0 Å². The Morgan fingerprint density at radius 2 is 2.00 bits per heavy atom. The van der Waals surface area contributed by atoms with E-state index in [2.05, 4.69) is 10.0 Å². The Balaban J connectivity index is 1.92. The van der Waals surface area contributed by atoms with Gasteiger partial charge in [0.1, 0.15) is 0 Å². The lowest BCUT2D eigenvalue weighted by Crippen LogP contribution is -2.52. The predicted molar refractivity (Wildman–Crippen MR) is 64.7 cm³/mol. The average molecular weight is 246 g/mol. The van der Waals surface area contributed by atoms with Crippen LogP contribution in [0.25, 0.3) is 0 Å². The van der Waals surface area contributed by atoms with E-state index in [9.17, 15) is 8.42 Å². The Bertz CT molecular complexity index is 327. The summed E-state index contributed by atoms with van der Waals surface area (Å²) in [4.78, 5) is 0. The van der Waals surface area contributed by atoms with Crippen molar-refractivity contribution in [3.8, 4) is 0 Å². The van der Waals surface area contributed by atoms with Crippen LogP contribution in [-0.4, -0.2) is 33.8 Å². The third-order valence-electron chi connectivity index (χ3n) is 3.97. The molecule has 1 saturated heterocycles. The molecule has 0 aromatic carbocycles. The van der Waals surface area contributed by atoms with Crippen LogP contribution in [0.4, 0.5) is 0 Å². The Hall–Kier alpha value is -0.130. The van der Waals surface area contributed by atoms with E-state index in [-0.39, 0.29) is 0 Å². The molecule has 1 aliphatic heterocycles. The smallest absolute Gasteiger partial charge is 0.208 e. The second-order valence-corrected chi connectivity index (χ2v) is 7.01. The number of fused-ring (bicyclic) bond motifs is 1. The van der Waals surface area contributed by atoms with Crippen LogP contribution in [0.1, 0.15) is 32.1 Å². The minimum atomic E-state index is -3.05. The van der Waals surface area contributed by atoms with Crippen molar-refractivity contribution < 1.29 is 8.42 Å². The van der Waals surface area contributed by atoms with E-state index in [1.807, 2.05) is 0 Å².